The number of ketones is 1. The SMILES string of the molecule is CC(=O)O[C@H]1CC[C@]2(C)[C@H]3CC[C@@H]4C5[C@H](C)C(=O)C=C[C@]5(C)CC[C@@]4(C)[C@]3(C)CC[C@H]2C1(C)C. The molecule has 5 rings (SSSR count). The lowest BCUT2D eigenvalue weighted by Crippen LogP contribution is -2.67. The van der Waals surface area contributed by atoms with Gasteiger partial charge in [-0.3, -0.25) is 9.59 Å². The van der Waals surface area contributed by atoms with E-state index in [1.54, 1.807) is 6.92 Å². The van der Waals surface area contributed by atoms with Gasteiger partial charge in [0.05, 0.1) is 0 Å². The Morgan fingerprint density at radius 2 is 1.59 bits per heavy atom. The van der Waals surface area contributed by atoms with E-state index in [0.717, 1.165) is 6.42 Å². The molecular weight excluding hydrogens is 420 g/mol. The van der Waals surface area contributed by atoms with Crippen LogP contribution in [0, 0.1) is 56.7 Å². The highest BCUT2D eigenvalue weighted by Gasteiger charge is 2.70. The van der Waals surface area contributed by atoms with Crippen LogP contribution in [0.2, 0.25) is 0 Å². The topological polar surface area (TPSA) is 43.4 Å². The molecule has 4 saturated carbocycles. The monoisotopic (exact) mass is 468 g/mol. The van der Waals surface area contributed by atoms with Gasteiger partial charge in [-0.1, -0.05) is 54.5 Å². The van der Waals surface area contributed by atoms with E-state index >= 15 is 0 Å². The van der Waals surface area contributed by atoms with Crippen LogP contribution in [0.25, 0.3) is 0 Å². The van der Waals surface area contributed by atoms with Crippen molar-refractivity contribution in [2.75, 3.05) is 0 Å². The number of rotatable bonds is 1. The molecule has 4 fully saturated rings. The number of ether oxygens (including phenoxy) is 1. The second-order valence-electron chi connectivity index (χ2n) is 14.7. The van der Waals surface area contributed by atoms with E-state index in [9.17, 15) is 9.59 Å². The fraction of sp³-hybridized carbons (Fsp3) is 0.871. The molecule has 3 heteroatoms. The second kappa shape index (κ2) is 7.45. The molecule has 5 aliphatic rings. The molecule has 34 heavy (non-hydrogen) atoms. The average Bonchev–Trinajstić information content (AvgIpc) is 2.74. The first-order chi connectivity index (χ1) is 15.7. The average molecular weight is 469 g/mol. The Labute approximate surface area is 207 Å². The summed E-state index contributed by atoms with van der Waals surface area (Å²) in [5.74, 6) is 2.75. The molecule has 0 aromatic heterocycles. The number of carbonyl (C=O) groups is 2. The number of carbonyl (C=O) groups excluding carboxylic acids is 2. The summed E-state index contributed by atoms with van der Waals surface area (Å²) in [5, 5.41) is 0. The quantitative estimate of drug-likeness (QED) is 0.377. The van der Waals surface area contributed by atoms with Crippen LogP contribution in [-0.2, 0) is 14.3 Å². The van der Waals surface area contributed by atoms with E-state index in [1.165, 1.54) is 44.9 Å². The largest absolute Gasteiger partial charge is 0.462 e. The maximum atomic E-state index is 12.8. The Bertz CT molecular complexity index is 918. The minimum Gasteiger partial charge on any atom is -0.462 e. The number of allylic oxidation sites excluding steroid dienone is 2. The highest BCUT2D eigenvalue weighted by atomic mass is 16.5. The van der Waals surface area contributed by atoms with Gasteiger partial charge in [-0.25, -0.2) is 0 Å². The molecule has 10 atom stereocenters. The highest BCUT2D eigenvalue weighted by Crippen LogP contribution is 2.76. The predicted molar refractivity (Wildman–Crippen MR) is 136 cm³/mol. The molecule has 0 radical (unpaired) electrons. The summed E-state index contributed by atoms with van der Waals surface area (Å²) in [6.07, 6.45) is 13.9. The van der Waals surface area contributed by atoms with E-state index in [0.29, 0.717) is 34.9 Å². The third kappa shape index (κ3) is 3.00. The molecule has 0 spiro atoms. The molecule has 190 valence electrons. The van der Waals surface area contributed by atoms with Crippen molar-refractivity contribution in [1.82, 2.24) is 0 Å². The van der Waals surface area contributed by atoms with Gasteiger partial charge in [0.2, 0.25) is 0 Å². The number of fused-ring (bicyclic) bond motifs is 7. The van der Waals surface area contributed by atoms with Crippen molar-refractivity contribution in [3.05, 3.63) is 12.2 Å². The van der Waals surface area contributed by atoms with Gasteiger partial charge in [0.1, 0.15) is 6.10 Å². The molecule has 0 N–H and O–H groups in total. The van der Waals surface area contributed by atoms with Gasteiger partial charge >= 0.3 is 5.97 Å². The minimum atomic E-state index is -0.134. The molecule has 1 unspecified atom stereocenters. The van der Waals surface area contributed by atoms with Crippen LogP contribution < -0.4 is 0 Å². The fourth-order valence-electron chi connectivity index (χ4n) is 11.3. The van der Waals surface area contributed by atoms with Gasteiger partial charge in [-0.2, -0.15) is 0 Å². The van der Waals surface area contributed by atoms with Crippen molar-refractivity contribution in [1.29, 1.82) is 0 Å². The lowest BCUT2D eigenvalue weighted by Gasteiger charge is -2.73. The van der Waals surface area contributed by atoms with E-state index in [1.807, 2.05) is 6.08 Å². The van der Waals surface area contributed by atoms with E-state index in [2.05, 4.69) is 54.5 Å². The van der Waals surface area contributed by atoms with Crippen molar-refractivity contribution in [2.45, 2.75) is 113 Å². The zero-order chi connectivity index (χ0) is 24.9. The number of esters is 1. The van der Waals surface area contributed by atoms with Gasteiger partial charge in [0, 0.05) is 18.3 Å². The Hall–Kier alpha value is -1.12. The molecule has 0 aliphatic heterocycles. The van der Waals surface area contributed by atoms with E-state index in [4.69, 9.17) is 4.74 Å². The lowest BCUT2D eigenvalue weighted by molar-refractivity contribution is -0.249. The summed E-state index contributed by atoms with van der Waals surface area (Å²) in [5.41, 5.74) is 1.06. The van der Waals surface area contributed by atoms with Crippen LogP contribution in [0.3, 0.4) is 0 Å². The summed E-state index contributed by atoms with van der Waals surface area (Å²) in [6.45, 7) is 18.8. The van der Waals surface area contributed by atoms with Crippen molar-refractivity contribution >= 4 is 11.8 Å². The van der Waals surface area contributed by atoms with Crippen molar-refractivity contribution in [3.8, 4) is 0 Å². The standard InChI is InChI=1S/C31H48O3/c1-19-22(33)11-14-28(5)17-18-30(7)21(26(19)28)9-10-24-29(6)15-13-25(34-20(2)32)27(3,4)23(29)12-16-31(24,30)8/h11,14,19,21,23-26H,9-10,12-13,15-18H2,1-8H3/t19-,21-,23+,24-,25+,26?,28-,29+,30-,31-/m1/s1. The normalized spacial score (nSPS) is 53.7. The second-order valence-corrected chi connectivity index (χ2v) is 14.7. The van der Waals surface area contributed by atoms with Crippen molar-refractivity contribution in [3.63, 3.8) is 0 Å². The predicted octanol–water partition coefficient (Wildman–Crippen LogP) is 7.38. The van der Waals surface area contributed by atoms with Gasteiger partial charge in [0.25, 0.3) is 0 Å². The minimum absolute atomic E-state index is 0.0119. The van der Waals surface area contributed by atoms with Crippen molar-refractivity contribution < 1.29 is 14.3 Å². The molecule has 0 saturated heterocycles. The van der Waals surface area contributed by atoms with Crippen LogP contribution in [0.4, 0.5) is 0 Å². The molecule has 3 nitrogen and oxygen atoms in total. The third-order valence-electron chi connectivity index (χ3n) is 13.2. The van der Waals surface area contributed by atoms with Crippen molar-refractivity contribution in [2.24, 2.45) is 56.7 Å². The molecular formula is C31H48O3. The molecule has 5 aliphatic carbocycles. The third-order valence-corrected chi connectivity index (χ3v) is 13.2. The lowest BCUT2D eigenvalue weighted by atomic mass is 9.31. The summed E-state index contributed by atoms with van der Waals surface area (Å²) >= 11 is 0. The first-order valence-corrected chi connectivity index (χ1v) is 14.1. The Morgan fingerprint density at radius 1 is 0.882 bits per heavy atom. The van der Waals surface area contributed by atoms with Crippen LogP contribution in [0.5, 0.6) is 0 Å². The van der Waals surface area contributed by atoms with Gasteiger partial charge in [-0.15, -0.1) is 0 Å². The fourth-order valence-corrected chi connectivity index (χ4v) is 11.3. The number of hydrogen-bond donors (Lipinski definition) is 0. The van der Waals surface area contributed by atoms with Gasteiger partial charge in [-0.05, 0) is 103 Å². The maximum Gasteiger partial charge on any atom is 0.302 e. The summed E-state index contributed by atoms with van der Waals surface area (Å²) < 4.78 is 5.88. The smallest absolute Gasteiger partial charge is 0.302 e. The van der Waals surface area contributed by atoms with Crippen LogP contribution >= 0.6 is 0 Å². The van der Waals surface area contributed by atoms with Crippen LogP contribution in [0.1, 0.15) is 107 Å². The first kappa shape index (κ1) is 24.6. The molecule has 0 amide bonds. The van der Waals surface area contributed by atoms with Crippen LogP contribution in [-0.4, -0.2) is 17.9 Å². The van der Waals surface area contributed by atoms with Gasteiger partial charge in [0.15, 0.2) is 5.78 Å². The molecule has 0 aromatic carbocycles. The maximum absolute atomic E-state index is 12.8. The number of hydrogen-bond acceptors (Lipinski definition) is 3. The molecule has 0 aromatic rings. The molecule has 0 bridgehead atoms. The zero-order valence-corrected chi connectivity index (χ0v) is 23.0. The summed E-state index contributed by atoms with van der Waals surface area (Å²) in [7, 11) is 0. The summed E-state index contributed by atoms with van der Waals surface area (Å²) in [4.78, 5) is 24.7. The zero-order valence-electron chi connectivity index (χ0n) is 23.0. The van der Waals surface area contributed by atoms with Crippen LogP contribution in [0.15, 0.2) is 12.2 Å². The summed E-state index contributed by atoms with van der Waals surface area (Å²) in [6, 6.07) is 0. The highest BCUT2D eigenvalue weighted by molar-refractivity contribution is 5.93. The Kier molecular flexibility index (Phi) is 5.38. The molecule has 0 heterocycles. The Balaban J connectivity index is 1.51. The van der Waals surface area contributed by atoms with Gasteiger partial charge < -0.3 is 4.74 Å². The Morgan fingerprint density at radius 3 is 2.26 bits per heavy atom. The van der Waals surface area contributed by atoms with E-state index < -0.39 is 0 Å². The first-order valence-electron chi connectivity index (χ1n) is 14.1. The van der Waals surface area contributed by atoms with E-state index in [-0.39, 0.29) is 39.7 Å².